The highest BCUT2D eigenvalue weighted by Crippen LogP contribution is 2.17. The maximum absolute atomic E-state index is 13.1. The molecule has 5 nitrogen and oxygen atoms in total. The molecule has 0 heterocycles. The van der Waals surface area contributed by atoms with E-state index in [-0.39, 0.29) is 11.6 Å². The van der Waals surface area contributed by atoms with Crippen LogP contribution >= 0.6 is 0 Å². The van der Waals surface area contributed by atoms with Crippen LogP contribution in [-0.4, -0.2) is 13.0 Å². The molecule has 0 spiro atoms. The number of carbonyl (C=O) groups is 1. The predicted molar refractivity (Wildman–Crippen MR) is 93.3 cm³/mol. The molecule has 128 valence electrons. The van der Waals surface area contributed by atoms with Gasteiger partial charge in [-0.05, 0) is 42.8 Å². The first kappa shape index (κ1) is 18.0. The number of carbonyl (C=O) groups excluding carboxylic acids is 1. The summed E-state index contributed by atoms with van der Waals surface area (Å²) in [5.74, 6) is -0.205. The van der Waals surface area contributed by atoms with Gasteiger partial charge in [0.1, 0.15) is 23.2 Å². The van der Waals surface area contributed by atoms with Crippen molar-refractivity contribution in [1.82, 2.24) is 5.32 Å². The lowest BCUT2D eigenvalue weighted by molar-refractivity contribution is -0.117. The number of nitrogens with one attached hydrogen (secondary N) is 2. The third-order valence-corrected chi connectivity index (χ3v) is 3.54. The maximum atomic E-state index is 13.1. The average Bonchev–Trinajstić information content (AvgIpc) is 2.62. The van der Waals surface area contributed by atoms with Gasteiger partial charge in [0, 0.05) is 11.9 Å². The van der Waals surface area contributed by atoms with Crippen LogP contribution in [0.3, 0.4) is 0 Å². The molecule has 0 bridgehead atoms. The van der Waals surface area contributed by atoms with E-state index < -0.39 is 11.7 Å². The molecule has 0 radical (unpaired) electrons. The van der Waals surface area contributed by atoms with Crippen LogP contribution in [0.1, 0.15) is 18.5 Å². The van der Waals surface area contributed by atoms with Crippen molar-refractivity contribution in [2.75, 3.05) is 12.4 Å². The highest BCUT2D eigenvalue weighted by Gasteiger charge is 2.13. The van der Waals surface area contributed by atoms with Gasteiger partial charge >= 0.3 is 0 Å². The second-order valence-corrected chi connectivity index (χ2v) is 5.29. The molecule has 0 saturated heterocycles. The van der Waals surface area contributed by atoms with E-state index in [0.717, 1.165) is 11.3 Å². The molecule has 0 aliphatic carbocycles. The number of methoxy groups -OCH3 is 1. The van der Waals surface area contributed by atoms with Crippen LogP contribution in [0.5, 0.6) is 5.75 Å². The Morgan fingerprint density at radius 1 is 1.28 bits per heavy atom. The monoisotopic (exact) mass is 339 g/mol. The van der Waals surface area contributed by atoms with Gasteiger partial charge in [0.2, 0.25) is 0 Å². The van der Waals surface area contributed by atoms with Crippen LogP contribution in [0.4, 0.5) is 10.1 Å². The van der Waals surface area contributed by atoms with Crippen molar-refractivity contribution in [2.45, 2.75) is 13.0 Å². The fraction of sp³-hybridized carbons (Fsp3) is 0.158. The van der Waals surface area contributed by atoms with Crippen molar-refractivity contribution in [3.63, 3.8) is 0 Å². The maximum Gasteiger partial charge on any atom is 0.263 e. The Bertz CT molecular complexity index is 810. The minimum absolute atomic E-state index is 0.107. The summed E-state index contributed by atoms with van der Waals surface area (Å²) in [5, 5.41) is 14.7. The SMILES string of the molecule is COc1ccc(C(C)NC(=O)/C(C#N)=C\Nc2cccc(F)c2)cc1. The Kier molecular flexibility index (Phi) is 6.13. The van der Waals surface area contributed by atoms with Crippen LogP contribution in [0, 0.1) is 17.1 Å². The number of hydrogen-bond donors (Lipinski definition) is 2. The number of ether oxygens (including phenoxy) is 1. The molecule has 2 N–H and O–H groups in total. The zero-order chi connectivity index (χ0) is 18.2. The fourth-order valence-corrected chi connectivity index (χ4v) is 2.13. The summed E-state index contributed by atoms with van der Waals surface area (Å²) >= 11 is 0. The topological polar surface area (TPSA) is 74.1 Å². The zero-order valence-electron chi connectivity index (χ0n) is 13.9. The normalized spacial score (nSPS) is 12.0. The van der Waals surface area contributed by atoms with E-state index in [0.29, 0.717) is 5.69 Å². The Morgan fingerprint density at radius 2 is 2.00 bits per heavy atom. The standard InChI is InChI=1S/C19H18FN3O2/c1-13(14-6-8-18(25-2)9-7-14)23-19(24)15(11-21)12-22-17-5-3-4-16(20)10-17/h3-10,12-13,22H,1-2H3,(H,23,24)/b15-12-. The summed E-state index contributed by atoms with van der Waals surface area (Å²) in [5.41, 5.74) is 1.22. The minimum atomic E-state index is -0.519. The highest BCUT2D eigenvalue weighted by molar-refractivity contribution is 5.97. The minimum Gasteiger partial charge on any atom is -0.497 e. The van der Waals surface area contributed by atoms with Crippen molar-refractivity contribution in [3.05, 3.63) is 71.7 Å². The van der Waals surface area contributed by atoms with Crippen molar-refractivity contribution < 1.29 is 13.9 Å². The zero-order valence-corrected chi connectivity index (χ0v) is 13.9. The van der Waals surface area contributed by atoms with Gasteiger partial charge in [-0.25, -0.2) is 4.39 Å². The van der Waals surface area contributed by atoms with Gasteiger partial charge < -0.3 is 15.4 Å². The van der Waals surface area contributed by atoms with Crippen LogP contribution in [0.15, 0.2) is 60.3 Å². The summed E-state index contributed by atoms with van der Waals surface area (Å²) in [6.07, 6.45) is 1.25. The number of hydrogen-bond acceptors (Lipinski definition) is 4. The number of rotatable bonds is 6. The smallest absolute Gasteiger partial charge is 0.263 e. The molecule has 2 rings (SSSR count). The van der Waals surface area contributed by atoms with Gasteiger partial charge in [-0.3, -0.25) is 4.79 Å². The largest absolute Gasteiger partial charge is 0.497 e. The number of nitriles is 1. The van der Waals surface area contributed by atoms with Crippen LogP contribution in [0.2, 0.25) is 0 Å². The molecule has 2 aromatic carbocycles. The predicted octanol–water partition coefficient (Wildman–Crippen LogP) is 3.53. The molecule has 0 aliphatic heterocycles. The van der Waals surface area contributed by atoms with E-state index in [2.05, 4.69) is 10.6 Å². The van der Waals surface area contributed by atoms with E-state index in [9.17, 15) is 14.4 Å². The second-order valence-electron chi connectivity index (χ2n) is 5.29. The van der Waals surface area contributed by atoms with E-state index in [4.69, 9.17) is 4.74 Å². The summed E-state index contributed by atoms with van der Waals surface area (Å²) in [6.45, 7) is 1.81. The average molecular weight is 339 g/mol. The van der Waals surface area contributed by atoms with Gasteiger partial charge in [-0.2, -0.15) is 5.26 Å². The van der Waals surface area contributed by atoms with Crippen LogP contribution in [0.25, 0.3) is 0 Å². The third-order valence-electron chi connectivity index (χ3n) is 3.54. The van der Waals surface area contributed by atoms with Crippen LogP contribution < -0.4 is 15.4 Å². The van der Waals surface area contributed by atoms with Gasteiger partial charge in [0.05, 0.1) is 13.2 Å². The molecule has 2 aromatic rings. The number of nitrogens with zero attached hydrogens (tertiary/aromatic N) is 1. The molecular weight excluding hydrogens is 321 g/mol. The van der Waals surface area contributed by atoms with Gasteiger partial charge in [-0.1, -0.05) is 18.2 Å². The first-order valence-corrected chi connectivity index (χ1v) is 7.60. The van der Waals surface area contributed by atoms with Crippen molar-refractivity contribution in [1.29, 1.82) is 5.26 Å². The Balaban J connectivity index is 2.03. The molecule has 0 saturated carbocycles. The number of benzene rings is 2. The third kappa shape index (κ3) is 5.08. The van der Waals surface area contributed by atoms with Gasteiger partial charge in [0.15, 0.2) is 0 Å². The van der Waals surface area contributed by atoms with E-state index in [1.54, 1.807) is 25.3 Å². The lowest BCUT2D eigenvalue weighted by Crippen LogP contribution is -2.28. The molecule has 1 atom stereocenters. The molecule has 1 amide bonds. The Hall–Kier alpha value is -3.33. The molecule has 0 aliphatic rings. The van der Waals surface area contributed by atoms with E-state index in [1.165, 1.54) is 24.4 Å². The first-order valence-electron chi connectivity index (χ1n) is 7.60. The van der Waals surface area contributed by atoms with Crippen molar-refractivity contribution >= 4 is 11.6 Å². The molecular formula is C19H18FN3O2. The Labute approximate surface area is 145 Å². The van der Waals surface area contributed by atoms with E-state index in [1.807, 2.05) is 25.1 Å². The Morgan fingerprint density at radius 3 is 2.60 bits per heavy atom. The summed E-state index contributed by atoms with van der Waals surface area (Å²) in [7, 11) is 1.58. The highest BCUT2D eigenvalue weighted by atomic mass is 19.1. The number of anilines is 1. The van der Waals surface area contributed by atoms with E-state index >= 15 is 0 Å². The second kappa shape index (κ2) is 8.50. The lowest BCUT2D eigenvalue weighted by Gasteiger charge is -2.14. The molecule has 25 heavy (non-hydrogen) atoms. The number of amides is 1. The molecule has 1 unspecified atom stereocenters. The lowest BCUT2D eigenvalue weighted by atomic mass is 10.1. The first-order chi connectivity index (χ1) is 12.0. The van der Waals surface area contributed by atoms with Crippen LogP contribution in [-0.2, 0) is 4.79 Å². The molecule has 0 aromatic heterocycles. The summed E-state index contributed by atoms with van der Waals surface area (Å²) in [4.78, 5) is 12.2. The summed E-state index contributed by atoms with van der Waals surface area (Å²) in [6, 6.07) is 14.6. The van der Waals surface area contributed by atoms with Gasteiger partial charge in [-0.15, -0.1) is 0 Å². The summed E-state index contributed by atoms with van der Waals surface area (Å²) < 4.78 is 18.2. The quantitative estimate of drug-likeness (QED) is 0.624. The fourth-order valence-electron chi connectivity index (χ4n) is 2.13. The number of halogens is 1. The van der Waals surface area contributed by atoms with Gasteiger partial charge in [0.25, 0.3) is 5.91 Å². The van der Waals surface area contributed by atoms with Crippen molar-refractivity contribution in [3.8, 4) is 11.8 Å². The van der Waals surface area contributed by atoms with Crippen molar-refractivity contribution in [2.24, 2.45) is 0 Å². The molecule has 0 fully saturated rings. The molecule has 6 heteroatoms.